The van der Waals surface area contributed by atoms with Crippen molar-refractivity contribution in [2.45, 2.75) is 26.8 Å². The van der Waals surface area contributed by atoms with Gasteiger partial charge < -0.3 is 4.57 Å². The second kappa shape index (κ2) is 5.09. The van der Waals surface area contributed by atoms with Gasteiger partial charge in [-0.1, -0.05) is 13.8 Å². The third-order valence-electron chi connectivity index (χ3n) is 2.54. The van der Waals surface area contributed by atoms with Gasteiger partial charge in [-0.2, -0.15) is 10.5 Å². The van der Waals surface area contributed by atoms with Crippen molar-refractivity contribution in [3.63, 3.8) is 0 Å². The fraction of sp³-hybridized carbons (Fsp3) is 0.455. The quantitative estimate of drug-likeness (QED) is 0.758. The van der Waals surface area contributed by atoms with Gasteiger partial charge in [0.25, 0.3) is 0 Å². The summed E-state index contributed by atoms with van der Waals surface area (Å²) in [4.78, 5) is 15.4. The van der Waals surface area contributed by atoms with E-state index < -0.39 is 0 Å². The molecule has 0 aromatic carbocycles. The monoisotopic (exact) mass is 216 g/mol. The minimum atomic E-state index is -0.0421. The van der Waals surface area contributed by atoms with Crippen LogP contribution in [-0.2, 0) is 11.3 Å². The first-order valence-electron chi connectivity index (χ1n) is 5.02. The van der Waals surface area contributed by atoms with Crippen LogP contribution in [0.25, 0.3) is 0 Å². The number of imidazole rings is 1. The number of rotatable bonds is 4. The third kappa shape index (κ3) is 2.26. The van der Waals surface area contributed by atoms with E-state index in [-0.39, 0.29) is 29.6 Å². The van der Waals surface area contributed by atoms with E-state index in [1.54, 1.807) is 0 Å². The highest BCUT2D eigenvalue weighted by molar-refractivity contribution is 5.80. The lowest BCUT2D eigenvalue weighted by atomic mass is 10.0. The summed E-state index contributed by atoms with van der Waals surface area (Å²) in [7, 11) is 0. The molecule has 16 heavy (non-hydrogen) atoms. The van der Waals surface area contributed by atoms with Crippen molar-refractivity contribution in [3.8, 4) is 12.1 Å². The van der Waals surface area contributed by atoms with Crippen LogP contribution in [0.2, 0.25) is 0 Å². The summed E-state index contributed by atoms with van der Waals surface area (Å²) < 4.78 is 1.42. The molecule has 0 radical (unpaired) electrons. The van der Waals surface area contributed by atoms with Crippen LogP contribution in [0.15, 0.2) is 6.33 Å². The average molecular weight is 216 g/mol. The van der Waals surface area contributed by atoms with Crippen LogP contribution in [0.3, 0.4) is 0 Å². The lowest BCUT2D eigenvalue weighted by Crippen LogP contribution is -2.17. The molecule has 0 saturated heterocycles. The molecule has 1 rings (SSSR count). The smallest absolute Gasteiger partial charge is 0.176 e. The second-order valence-electron chi connectivity index (χ2n) is 3.57. The molecule has 0 bridgehead atoms. The molecule has 0 aliphatic carbocycles. The molecule has 1 atom stereocenters. The predicted octanol–water partition coefficient (Wildman–Crippen LogP) is 1.24. The summed E-state index contributed by atoms with van der Waals surface area (Å²) >= 11 is 0. The summed E-state index contributed by atoms with van der Waals surface area (Å²) in [5.74, 6) is 0.000341. The van der Waals surface area contributed by atoms with Crippen molar-refractivity contribution in [2.75, 3.05) is 0 Å². The number of carbonyl (C=O) groups is 1. The summed E-state index contributed by atoms with van der Waals surface area (Å²) in [6, 6.07) is 3.70. The van der Waals surface area contributed by atoms with E-state index in [2.05, 4.69) is 4.98 Å². The van der Waals surface area contributed by atoms with Gasteiger partial charge >= 0.3 is 0 Å². The maximum atomic E-state index is 11.7. The fourth-order valence-electron chi connectivity index (χ4n) is 1.25. The van der Waals surface area contributed by atoms with Gasteiger partial charge in [0.15, 0.2) is 17.2 Å². The molecule has 1 unspecified atom stereocenters. The molecule has 1 aromatic heterocycles. The van der Waals surface area contributed by atoms with Gasteiger partial charge in [0.05, 0.1) is 12.9 Å². The Labute approximate surface area is 93.9 Å². The fourth-order valence-corrected chi connectivity index (χ4v) is 1.25. The molecule has 5 nitrogen and oxygen atoms in total. The van der Waals surface area contributed by atoms with Crippen LogP contribution < -0.4 is 0 Å². The highest BCUT2D eigenvalue weighted by Crippen LogP contribution is 2.09. The van der Waals surface area contributed by atoms with Crippen LogP contribution >= 0.6 is 0 Å². The van der Waals surface area contributed by atoms with Gasteiger partial charge in [0.1, 0.15) is 12.1 Å². The van der Waals surface area contributed by atoms with Gasteiger partial charge in [-0.25, -0.2) is 4.98 Å². The van der Waals surface area contributed by atoms with E-state index in [1.807, 2.05) is 26.0 Å². The van der Waals surface area contributed by atoms with Crippen molar-refractivity contribution >= 4 is 5.78 Å². The van der Waals surface area contributed by atoms with E-state index in [4.69, 9.17) is 10.5 Å². The molecule has 5 heteroatoms. The highest BCUT2D eigenvalue weighted by atomic mass is 16.1. The number of ketones is 1. The molecule has 0 aliphatic rings. The van der Waals surface area contributed by atoms with Crippen LogP contribution in [0.4, 0.5) is 0 Å². The normalized spacial score (nSPS) is 11.5. The van der Waals surface area contributed by atoms with Crippen LogP contribution in [-0.4, -0.2) is 15.3 Å². The molecule has 82 valence electrons. The zero-order valence-corrected chi connectivity index (χ0v) is 9.27. The standard InChI is InChI=1S/C11H12N4O/c1-3-8(2)11(16)6-15-7-14-9(4-12)10(15)5-13/h7-8H,3,6H2,1-2H3. The topological polar surface area (TPSA) is 82.5 Å². The van der Waals surface area contributed by atoms with E-state index in [0.29, 0.717) is 0 Å². The molecule has 0 saturated carbocycles. The van der Waals surface area contributed by atoms with Gasteiger partial charge in [-0.05, 0) is 6.42 Å². The SMILES string of the molecule is CCC(C)C(=O)Cn1cnc(C#N)c1C#N. The molecule has 0 aliphatic heterocycles. The van der Waals surface area contributed by atoms with Gasteiger partial charge in [-0.15, -0.1) is 0 Å². The average Bonchev–Trinajstić information content (AvgIpc) is 2.69. The molecular formula is C11H12N4O. The van der Waals surface area contributed by atoms with Crippen LogP contribution in [0.1, 0.15) is 31.7 Å². The number of Topliss-reactive ketones (excluding diaryl/α,β-unsaturated/α-hetero) is 1. The van der Waals surface area contributed by atoms with E-state index in [1.165, 1.54) is 10.9 Å². The van der Waals surface area contributed by atoms with Crippen molar-refractivity contribution in [3.05, 3.63) is 17.7 Å². The maximum absolute atomic E-state index is 11.7. The van der Waals surface area contributed by atoms with Crippen LogP contribution in [0.5, 0.6) is 0 Å². The Hall–Kier alpha value is -2.14. The minimum Gasteiger partial charge on any atom is -0.314 e. The largest absolute Gasteiger partial charge is 0.314 e. The maximum Gasteiger partial charge on any atom is 0.176 e. The summed E-state index contributed by atoms with van der Waals surface area (Å²) in [5, 5.41) is 17.5. The highest BCUT2D eigenvalue weighted by Gasteiger charge is 2.15. The molecule has 0 amide bonds. The van der Waals surface area contributed by atoms with E-state index >= 15 is 0 Å². The van der Waals surface area contributed by atoms with E-state index in [0.717, 1.165) is 6.42 Å². The zero-order chi connectivity index (χ0) is 12.1. The van der Waals surface area contributed by atoms with Crippen molar-refractivity contribution < 1.29 is 4.79 Å². The predicted molar refractivity (Wildman–Crippen MR) is 56.1 cm³/mol. The molecule has 0 fully saturated rings. The Balaban J connectivity index is 2.92. The Morgan fingerprint density at radius 1 is 1.56 bits per heavy atom. The van der Waals surface area contributed by atoms with Crippen molar-refractivity contribution in [1.29, 1.82) is 10.5 Å². The number of aromatic nitrogens is 2. The minimum absolute atomic E-state index is 0.0421. The third-order valence-corrected chi connectivity index (χ3v) is 2.54. The number of hydrogen-bond donors (Lipinski definition) is 0. The molecule has 1 heterocycles. The van der Waals surface area contributed by atoms with E-state index in [9.17, 15) is 4.79 Å². The van der Waals surface area contributed by atoms with Crippen molar-refractivity contribution in [2.24, 2.45) is 5.92 Å². The first kappa shape index (κ1) is 11.9. The zero-order valence-electron chi connectivity index (χ0n) is 9.27. The summed E-state index contributed by atoms with van der Waals surface area (Å²) in [5.41, 5.74) is 0.221. The van der Waals surface area contributed by atoms with Crippen molar-refractivity contribution in [1.82, 2.24) is 9.55 Å². The molecule has 0 N–H and O–H groups in total. The first-order chi connectivity index (χ1) is 7.63. The summed E-state index contributed by atoms with van der Waals surface area (Å²) in [6.45, 7) is 3.88. The molecule has 0 spiro atoms. The molecule has 1 aromatic rings. The van der Waals surface area contributed by atoms with Gasteiger partial charge in [0, 0.05) is 5.92 Å². The van der Waals surface area contributed by atoms with Gasteiger partial charge in [-0.3, -0.25) is 4.79 Å². The lowest BCUT2D eigenvalue weighted by Gasteiger charge is -2.08. The van der Waals surface area contributed by atoms with Crippen LogP contribution in [0, 0.1) is 28.6 Å². The lowest BCUT2D eigenvalue weighted by molar-refractivity contribution is -0.123. The number of nitriles is 2. The number of hydrogen-bond acceptors (Lipinski definition) is 4. The second-order valence-corrected chi connectivity index (χ2v) is 3.57. The number of carbonyl (C=O) groups excluding carboxylic acids is 1. The first-order valence-corrected chi connectivity index (χ1v) is 5.02. The van der Waals surface area contributed by atoms with Gasteiger partial charge in [0.2, 0.25) is 0 Å². The Morgan fingerprint density at radius 2 is 2.25 bits per heavy atom. The summed E-state index contributed by atoms with van der Waals surface area (Å²) in [6.07, 6.45) is 2.12. The molecular weight excluding hydrogens is 204 g/mol. The Morgan fingerprint density at radius 3 is 2.75 bits per heavy atom. The number of nitrogens with zero attached hydrogens (tertiary/aromatic N) is 4. The Bertz CT molecular complexity index is 475. The Kier molecular flexibility index (Phi) is 3.79.